The molecule has 1 aromatic heterocycles. The monoisotopic (exact) mass is 303 g/mol. The first-order valence-electron chi connectivity index (χ1n) is 5.96. The van der Waals surface area contributed by atoms with Crippen molar-refractivity contribution in [2.75, 3.05) is 23.0 Å². The third-order valence-corrected chi connectivity index (χ3v) is 4.92. The number of aliphatic carboxylic acids is 1. The van der Waals surface area contributed by atoms with Crippen molar-refractivity contribution >= 4 is 21.6 Å². The molecule has 2 heterocycles. The topological polar surface area (TPSA) is 100 Å². The molecule has 0 spiro atoms. The quantitative estimate of drug-likeness (QED) is 0.835. The van der Waals surface area contributed by atoms with E-state index < -0.39 is 34.2 Å². The van der Waals surface area contributed by atoms with E-state index in [1.54, 1.807) is 0 Å². The molecule has 20 heavy (non-hydrogen) atoms. The van der Waals surface area contributed by atoms with Crippen LogP contribution in [-0.4, -0.2) is 53.6 Å². The van der Waals surface area contributed by atoms with Crippen LogP contribution in [0.3, 0.4) is 0 Å². The zero-order valence-electron chi connectivity index (χ0n) is 10.8. The van der Waals surface area contributed by atoms with E-state index in [1.807, 2.05) is 0 Å². The number of aromatic nitrogens is 2. The average Bonchev–Trinajstić information content (AvgIpc) is 2.70. The van der Waals surface area contributed by atoms with E-state index >= 15 is 0 Å². The normalized spacial score (nSPS) is 20.8. The standard InChI is InChI=1S/C11H14FN3O4S/c1-7-10(12)11(14-6-13-7)15(4-9(16)17)8-2-3-20(18,19)5-8/h6,8H,2-5H2,1H3,(H,16,17). The summed E-state index contributed by atoms with van der Waals surface area (Å²) in [4.78, 5) is 19.6. The van der Waals surface area contributed by atoms with Crippen LogP contribution in [0.5, 0.6) is 0 Å². The van der Waals surface area contributed by atoms with Gasteiger partial charge >= 0.3 is 5.97 Å². The molecule has 1 unspecified atom stereocenters. The van der Waals surface area contributed by atoms with Crippen LogP contribution in [0.1, 0.15) is 12.1 Å². The average molecular weight is 303 g/mol. The van der Waals surface area contributed by atoms with E-state index in [2.05, 4.69) is 9.97 Å². The first kappa shape index (κ1) is 14.6. The number of carboxylic acids is 1. The molecule has 1 fully saturated rings. The lowest BCUT2D eigenvalue weighted by Crippen LogP contribution is -2.41. The van der Waals surface area contributed by atoms with Crippen LogP contribution in [0.4, 0.5) is 10.2 Å². The molecule has 0 bridgehead atoms. The lowest BCUT2D eigenvalue weighted by Gasteiger charge is -2.27. The first-order valence-corrected chi connectivity index (χ1v) is 7.78. The highest BCUT2D eigenvalue weighted by Gasteiger charge is 2.35. The summed E-state index contributed by atoms with van der Waals surface area (Å²) in [6, 6.07) is -0.583. The van der Waals surface area contributed by atoms with Crippen molar-refractivity contribution in [1.82, 2.24) is 9.97 Å². The van der Waals surface area contributed by atoms with Gasteiger partial charge in [0.05, 0.1) is 17.2 Å². The molecular formula is C11H14FN3O4S. The summed E-state index contributed by atoms with van der Waals surface area (Å²) in [6.45, 7) is 0.929. The number of carbonyl (C=O) groups is 1. The zero-order chi connectivity index (χ0) is 14.9. The fraction of sp³-hybridized carbons (Fsp3) is 0.545. The smallest absolute Gasteiger partial charge is 0.323 e. The largest absolute Gasteiger partial charge is 0.480 e. The van der Waals surface area contributed by atoms with Crippen molar-refractivity contribution in [3.63, 3.8) is 0 Å². The number of rotatable bonds is 4. The maximum absolute atomic E-state index is 14.0. The van der Waals surface area contributed by atoms with Gasteiger partial charge in [-0.3, -0.25) is 4.79 Å². The second-order valence-electron chi connectivity index (χ2n) is 4.68. The molecule has 110 valence electrons. The van der Waals surface area contributed by atoms with Crippen LogP contribution in [0, 0.1) is 12.7 Å². The molecule has 7 nitrogen and oxygen atoms in total. The molecule has 1 N–H and O–H groups in total. The summed E-state index contributed by atoms with van der Waals surface area (Å²) in [5.74, 6) is -2.28. The Labute approximate surface area is 115 Å². The van der Waals surface area contributed by atoms with Gasteiger partial charge < -0.3 is 10.0 Å². The molecular weight excluding hydrogens is 289 g/mol. The number of nitrogens with zero attached hydrogens (tertiary/aromatic N) is 3. The lowest BCUT2D eigenvalue weighted by atomic mass is 10.2. The fourth-order valence-electron chi connectivity index (χ4n) is 2.19. The van der Waals surface area contributed by atoms with Gasteiger partial charge in [0, 0.05) is 6.04 Å². The second kappa shape index (κ2) is 5.31. The van der Waals surface area contributed by atoms with Crippen LogP contribution < -0.4 is 4.90 Å². The van der Waals surface area contributed by atoms with Crippen LogP contribution >= 0.6 is 0 Å². The van der Waals surface area contributed by atoms with Gasteiger partial charge in [-0.2, -0.15) is 0 Å². The first-order chi connectivity index (χ1) is 9.30. The number of hydrogen-bond donors (Lipinski definition) is 1. The minimum absolute atomic E-state index is 0.0283. The highest BCUT2D eigenvalue weighted by molar-refractivity contribution is 7.91. The molecule has 0 aromatic carbocycles. The van der Waals surface area contributed by atoms with Gasteiger partial charge in [0.15, 0.2) is 21.5 Å². The summed E-state index contributed by atoms with van der Waals surface area (Å²) in [5.41, 5.74) is 0.0891. The summed E-state index contributed by atoms with van der Waals surface area (Å²) in [5, 5.41) is 8.94. The SMILES string of the molecule is Cc1ncnc(N(CC(=O)O)C2CCS(=O)(=O)C2)c1F. The van der Waals surface area contributed by atoms with E-state index in [4.69, 9.17) is 5.11 Å². The molecule has 0 saturated carbocycles. The number of halogens is 1. The Kier molecular flexibility index (Phi) is 3.89. The summed E-state index contributed by atoms with van der Waals surface area (Å²) in [6.07, 6.45) is 1.39. The second-order valence-corrected chi connectivity index (χ2v) is 6.90. The molecule has 0 amide bonds. The molecule has 1 aromatic rings. The van der Waals surface area contributed by atoms with Gasteiger partial charge in [0.25, 0.3) is 0 Å². The lowest BCUT2D eigenvalue weighted by molar-refractivity contribution is -0.135. The zero-order valence-corrected chi connectivity index (χ0v) is 11.6. The van der Waals surface area contributed by atoms with Gasteiger partial charge in [0.2, 0.25) is 0 Å². The Hall–Kier alpha value is -1.77. The maximum Gasteiger partial charge on any atom is 0.323 e. The van der Waals surface area contributed by atoms with Crippen molar-refractivity contribution < 1.29 is 22.7 Å². The molecule has 0 radical (unpaired) electrons. The predicted molar refractivity (Wildman–Crippen MR) is 68.8 cm³/mol. The van der Waals surface area contributed by atoms with Gasteiger partial charge in [-0.15, -0.1) is 0 Å². The fourth-order valence-corrected chi connectivity index (χ4v) is 3.92. The highest BCUT2D eigenvalue weighted by atomic mass is 32.2. The van der Waals surface area contributed by atoms with Crippen molar-refractivity contribution in [1.29, 1.82) is 0 Å². The van der Waals surface area contributed by atoms with E-state index in [-0.39, 0.29) is 29.4 Å². The van der Waals surface area contributed by atoms with Crippen LogP contribution in [0.2, 0.25) is 0 Å². The van der Waals surface area contributed by atoms with Crippen LogP contribution in [0.15, 0.2) is 6.33 Å². The molecule has 9 heteroatoms. The van der Waals surface area contributed by atoms with E-state index in [0.29, 0.717) is 0 Å². The minimum Gasteiger partial charge on any atom is -0.480 e. The van der Waals surface area contributed by atoms with Crippen molar-refractivity contribution in [3.8, 4) is 0 Å². The van der Waals surface area contributed by atoms with Gasteiger partial charge in [-0.1, -0.05) is 0 Å². The molecule has 2 rings (SSSR count). The Morgan fingerprint density at radius 1 is 1.55 bits per heavy atom. The Bertz CT molecular complexity index is 635. The minimum atomic E-state index is -3.21. The van der Waals surface area contributed by atoms with E-state index in [1.165, 1.54) is 11.8 Å². The van der Waals surface area contributed by atoms with Crippen molar-refractivity contribution in [3.05, 3.63) is 17.8 Å². The van der Waals surface area contributed by atoms with Crippen molar-refractivity contribution in [2.45, 2.75) is 19.4 Å². The third kappa shape index (κ3) is 3.03. The van der Waals surface area contributed by atoms with Crippen molar-refractivity contribution in [2.24, 2.45) is 0 Å². The summed E-state index contributed by atoms with van der Waals surface area (Å²) in [7, 11) is -3.21. The molecule has 1 aliphatic rings. The molecule has 0 aliphatic carbocycles. The Morgan fingerprint density at radius 3 is 2.80 bits per heavy atom. The van der Waals surface area contributed by atoms with Crippen LogP contribution in [-0.2, 0) is 14.6 Å². The third-order valence-electron chi connectivity index (χ3n) is 3.17. The maximum atomic E-state index is 14.0. The Balaban J connectivity index is 2.38. The van der Waals surface area contributed by atoms with Gasteiger partial charge in [0.1, 0.15) is 12.9 Å². The molecule has 1 saturated heterocycles. The van der Waals surface area contributed by atoms with E-state index in [9.17, 15) is 17.6 Å². The number of anilines is 1. The summed E-state index contributed by atoms with van der Waals surface area (Å²) >= 11 is 0. The van der Waals surface area contributed by atoms with Crippen LogP contribution in [0.25, 0.3) is 0 Å². The number of sulfone groups is 1. The number of carboxylic acid groups (broad SMARTS) is 1. The van der Waals surface area contributed by atoms with Gasteiger partial charge in [-0.05, 0) is 13.3 Å². The number of aryl methyl sites for hydroxylation is 1. The Morgan fingerprint density at radius 2 is 2.25 bits per heavy atom. The predicted octanol–water partition coefficient (Wildman–Crippen LogP) is 0.00222. The summed E-state index contributed by atoms with van der Waals surface area (Å²) < 4.78 is 37.1. The molecule has 1 aliphatic heterocycles. The molecule has 1 atom stereocenters. The van der Waals surface area contributed by atoms with E-state index in [0.717, 1.165) is 6.33 Å². The van der Waals surface area contributed by atoms with Gasteiger partial charge in [-0.25, -0.2) is 22.8 Å². The number of hydrogen-bond acceptors (Lipinski definition) is 6. The highest BCUT2D eigenvalue weighted by Crippen LogP contribution is 2.25.